The first-order valence-electron chi connectivity index (χ1n) is 8.25. The van der Waals surface area contributed by atoms with Gasteiger partial charge in [-0.3, -0.25) is 4.98 Å². The summed E-state index contributed by atoms with van der Waals surface area (Å²) in [4.78, 5) is 4.51. The van der Waals surface area contributed by atoms with Gasteiger partial charge in [-0.15, -0.1) is 0 Å². The molecule has 1 fully saturated rings. The van der Waals surface area contributed by atoms with E-state index in [1.807, 2.05) is 12.1 Å². The van der Waals surface area contributed by atoms with Crippen LogP contribution in [0.25, 0.3) is 0 Å². The number of hydrogen-bond acceptors (Lipinski definition) is 3. The summed E-state index contributed by atoms with van der Waals surface area (Å²) >= 11 is 3.41. The van der Waals surface area contributed by atoms with E-state index in [0.29, 0.717) is 12.8 Å². The fraction of sp³-hybridized carbons (Fsp3) is 0.667. The molecule has 1 saturated carbocycles. The number of nitriles is 1. The Morgan fingerprint density at radius 3 is 2.52 bits per heavy atom. The molecule has 0 bridgehead atoms. The van der Waals surface area contributed by atoms with Crippen molar-refractivity contribution in [1.29, 1.82) is 5.26 Å². The fourth-order valence-corrected chi connectivity index (χ4v) is 6.89. The molecular formula is C18H27BrN2OSi. The highest BCUT2D eigenvalue weighted by Gasteiger charge is 2.52. The first-order chi connectivity index (χ1) is 10.5. The van der Waals surface area contributed by atoms with Crippen molar-refractivity contribution < 1.29 is 5.11 Å². The molecule has 3 atom stereocenters. The molecular weight excluding hydrogens is 368 g/mol. The number of aromatic nitrogens is 1. The number of pyridine rings is 1. The Hall–Kier alpha value is -0.703. The predicted octanol–water partition coefficient (Wildman–Crippen LogP) is 5.03. The summed E-state index contributed by atoms with van der Waals surface area (Å²) in [5.41, 5.74) is 0.486. The Kier molecular flexibility index (Phi) is 5.11. The molecule has 1 aromatic heterocycles. The van der Waals surface area contributed by atoms with E-state index in [1.165, 1.54) is 0 Å². The largest absolute Gasteiger partial charge is 0.393 e. The molecule has 3 nitrogen and oxygen atoms in total. The van der Waals surface area contributed by atoms with Crippen molar-refractivity contribution in [3.05, 3.63) is 28.5 Å². The predicted molar refractivity (Wildman–Crippen MR) is 100 cm³/mol. The summed E-state index contributed by atoms with van der Waals surface area (Å²) in [6.07, 6.45) is 3.55. The molecule has 1 aliphatic rings. The Morgan fingerprint density at radius 2 is 2.04 bits per heavy atom. The molecule has 23 heavy (non-hydrogen) atoms. The monoisotopic (exact) mass is 394 g/mol. The number of hydrogen-bond donors (Lipinski definition) is 1. The summed E-state index contributed by atoms with van der Waals surface area (Å²) in [6.45, 7) is 11.5. The molecule has 0 radical (unpaired) electrons. The van der Waals surface area contributed by atoms with Crippen LogP contribution in [0.2, 0.25) is 23.7 Å². The van der Waals surface area contributed by atoms with E-state index in [-0.39, 0.29) is 16.7 Å². The van der Waals surface area contributed by atoms with E-state index < -0.39 is 13.5 Å². The van der Waals surface area contributed by atoms with Gasteiger partial charge in [-0.2, -0.15) is 5.26 Å². The maximum absolute atomic E-state index is 10.7. The Bertz CT molecular complexity index is 603. The van der Waals surface area contributed by atoms with Gasteiger partial charge in [0.25, 0.3) is 0 Å². The third kappa shape index (κ3) is 3.40. The van der Waals surface area contributed by atoms with Crippen LogP contribution in [0.1, 0.15) is 45.7 Å². The highest BCUT2D eigenvalue weighted by molar-refractivity contribution is 9.10. The van der Waals surface area contributed by atoms with Crippen LogP contribution >= 0.6 is 15.9 Å². The van der Waals surface area contributed by atoms with Crippen molar-refractivity contribution in [1.82, 2.24) is 4.98 Å². The minimum Gasteiger partial charge on any atom is -0.393 e. The van der Waals surface area contributed by atoms with Gasteiger partial charge in [0, 0.05) is 10.7 Å². The van der Waals surface area contributed by atoms with Gasteiger partial charge in [-0.25, -0.2) is 0 Å². The van der Waals surface area contributed by atoms with Crippen LogP contribution < -0.4 is 0 Å². The summed E-state index contributed by atoms with van der Waals surface area (Å²) in [6, 6.07) is 6.46. The zero-order valence-electron chi connectivity index (χ0n) is 14.7. The number of nitrogens with zero attached hydrogens (tertiary/aromatic N) is 2. The molecule has 1 N–H and O–H groups in total. The van der Waals surface area contributed by atoms with E-state index in [2.05, 4.69) is 60.8 Å². The Balaban J connectivity index is 2.42. The van der Waals surface area contributed by atoms with Gasteiger partial charge in [-0.1, -0.05) is 33.9 Å². The van der Waals surface area contributed by atoms with Crippen molar-refractivity contribution >= 4 is 24.0 Å². The number of aliphatic hydroxyl groups is 1. The summed E-state index contributed by atoms with van der Waals surface area (Å²) < 4.78 is 0.922. The van der Waals surface area contributed by atoms with Crippen LogP contribution in [-0.2, 0) is 5.41 Å². The third-order valence-electron chi connectivity index (χ3n) is 6.19. The van der Waals surface area contributed by atoms with E-state index in [0.717, 1.165) is 16.6 Å². The first kappa shape index (κ1) is 18.6. The lowest BCUT2D eigenvalue weighted by molar-refractivity contribution is 0.104. The van der Waals surface area contributed by atoms with Crippen LogP contribution in [-0.4, -0.2) is 24.3 Å². The van der Waals surface area contributed by atoms with E-state index in [4.69, 9.17) is 0 Å². The number of halogens is 1. The molecule has 3 unspecified atom stereocenters. The van der Waals surface area contributed by atoms with Crippen LogP contribution in [0.5, 0.6) is 0 Å². The van der Waals surface area contributed by atoms with Crippen LogP contribution in [0, 0.1) is 11.3 Å². The highest BCUT2D eigenvalue weighted by atomic mass is 79.9. The highest BCUT2D eigenvalue weighted by Crippen LogP contribution is 2.53. The van der Waals surface area contributed by atoms with Crippen molar-refractivity contribution in [2.24, 2.45) is 0 Å². The van der Waals surface area contributed by atoms with Crippen LogP contribution in [0.3, 0.4) is 0 Å². The van der Waals surface area contributed by atoms with Crippen LogP contribution in [0.4, 0.5) is 0 Å². The maximum atomic E-state index is 10.7. The fourth-order valence-electron chi connectivity index (χ4n) is 3.55. The van der Waals surface area contributed by atoms with Crippen molar-refractivity contribution in [2.45, 2.75) is 75.2 Å². The zero-order chi connectivity index (χ0) is 17.5. The van der Waals surface area contributed by atoms with Crippen molar-refractivity contribution in [2.75, 3.05) is 0 Å². The lowest BCUT2D eigenvalue weighted by Gasteiger charge is -2.50. The van der Waals surface area contributed by atoms with Crippen molar-refractivity contribution in [3.63, 3.8) is 0 Å². The van der Waals surface area contributed by atoms with Gasteiger partial charge < -0.3 is 5.11 Å². The lowest BCUT2D eigenvalue weighted by atomic mass is 9.71. The summed E-state index contributed by atoms with van der Waals surface area (Å²) in [5.74, 6) is 0. The van der Waals surface area contributed by atoms with E-state index in [1.54, 1.807) is 6.20 Å². The Labute approximate surface area is 149 Å². The molecule has 0 aromatic carbocycles. The molecule has 1 aromatic rings. The quantitative estimate of drug-likeness (QED) is 0.715. The molecule has 5 heteroatoms. The molecule has 0 saturated heterocycles. The average Bonchev–Trinajstić information content (AvgIpc) is 2.47. The first-order valence-corrected chi connectivity index (χ1v) is 12.1. The van der Waals surface area contributed by atoms with E-state index >= 15 is 0 Å². The number of aliphatic hydroxyl groups excluding tert-OH is 1. The second-order valence-corrected chi connectivity index (χ2v) is 15.0. The smallest absolute Gasteiger partial charge is 0.0994 e. The van der Waals surface area contributed by atoms with Gasteiger partial charge in [0.15, 0.2) is 0 Å². The van der Waals surface area contributed by atoms with E-state index in [9.17, 15) is 10.4 Å². The minimum absolute atomic E-state index is 0.185. The third-order valence-corrected chi connectivity index (χ3v) is 13.0. The molecule has 2 rings (SSSR count). The molecule has 0 aliphatic heterocycles. The minimum atomic E-state index is -1.75. The maximum Gasteiger partial charge on any atom is 0.0994 e. The topological polar surface area (TPSA) is 56.9 Å². The standard InChI is InChI=1S/C18H27BrN2OSi/c1-17(2,3)23(4,5)15-10-18(12-20,9-8-14(15)22)16-7-6-13(19)11-21-16/h6-7,11,14-15,22H,8-10H2,1-5H3. The van der Waals surface area contributed by atoms with Gasteiger partial charge in [0.05, 0.1) is 31.4 Å². The second kappa shape index (κ2) is 6.31. The SMILES string of the molecule is CC(C)(C)[Si](C)(C)C1CC(C#N)(c2ccc(Br)cn2)CCC1O. The summed E-state index contributed by atoms with van der Waals surface area (Å²) in [7, 11) is -1.75. The lowest BCUT2D eigenvalue weighted by Crippen LogP contribution is -2.51. The average molecular weight is 395 g/mol. The van der Waals surface area contributed by atoms with Crippen LogP contribution in [0.15, 0.2) is 22.8 Å². The molecule has 1 heterocycles. The molecule has 126 valence electrons. The molecule has 0 amide bonds. The second-order valence-electron chi connectivity index (χ2n) is 8.44. The van der Waals surface area contributed by atoms with Crippen molar-refractivity contribution in [3.8, 4) is 6.07 Å². The van der Waals surface area contributed by atoms with Gasteiger partial charge in [0.1, 0.15) is 0 Å². The number of rotatable bonds is 2. The zero-order valence-corrected chi connectivity index (χ0v) is 17.3. The van der Waals surface area contributed by atoms with Gasteiger partial charge in [0.2, 0.25) is 0 Å². The molecule has 0 spiro atoms. The van der Waals surface area contributed by atoms with Gasteiger partial charge >= 0.3 is 0 Å². The Morgan fingerprint density at radius 1 is 1.39 bits per heavy atom. The van der Waals surface area contributed by atoms with Gasteiger partial charge in [-0.05, 0) is 57.9 Å². The normalized spacial score (nSPS) is 29.1. The molecule has 1 aliphatic carbocycles. The summed E-state index contributed by atoms with van der Waals surface area (Å²) in [5, 5.41) is 20.8.